The molecule has 1 aromatic carbocycles. The van der Waals surface area contributed by atoms with Gasteiger partial charge < -0.3 is 15.2 Å². The minimum Gasteiger partial charge on any atom is -0.496 e. The molecule has 108 valence electrons. The van der Waals surface area contributed by atoms with E-state index in [2.05, 4.69) is 22.9 Å². The molecule has 2 N–H and O–H groups in total. The van der Waals surface area contributed by atoms with Crippen molar-refractivity contribution in [3.8, 4) is 11.5 Å². The number of benzene rings is 1. The van der Waals surface area contributed by atoms with E-state index in [1.807, 2.05) is 29.6 Å². The van der Waals surface area contributed by atoms with E-state index in [1.165, 1.54) is 0 Å². The lowest BCUT2D eigenvalue weighted by Gasteiger charge is -2.13. The second-order valence-electron chi connectivity index (χ2n) is 4.40. The Morgan fingerprint density at radius 1 is 1.35 bits per heavy atom. The third-order valence-corrected chi connectivity index (χ3v) is 4.53. The monoisotopic (exact) mass is 355 g/mol. The highest BCUT2D eigenvalue weighted by molar-refractivity contribution is 9.10. The van der Waals surface area contributed by atoms with Crippen LogP contribution in [0.2, 0.25) is 0 Å². The predicted molar refractivity (Wildman–Crippen MR) is 86.8 cm³/mol. The highest BCUT2D eigenvalue weighted by Gasteiger charge is 2.13. The van der Waals surface area contributed by atoms with E-state index in [0.29, 0.717) is 6.61 Å². The van der Waals surface area contributed by atoms with E-state index in [1.54, 1.807) is 18.4 Å². The van der Waals surface area contributed by atoms with Gasteiger partial charge in [-0.05, 0) is 46.1 Å². The number of thiophene rings is 1. The maximum atomic E-state index is 6.30. The highest BCUT2D eigenvalue weighted by atomic mass is 79.9. The lowest BCUT2D eigenvalue weighted by molar-refractivity contribution is 0.315. The Kier molecular flexibility index (Phi) is 5.46. The third kappa shape index (κ3) is 3.53. The Morgan fingerprint density at radius 3 is 2.75 bits per heavy atom. The molecule has 20 heavy (non-hydrogen) atoms. The first-order valence-electron chi connectivity index (χ1n) is 6.46. The zero-order valence-electron chi connectivity index (χ0n) is 11.6. The van der Waals surface area contributed by atoms with Gasteiger partial charge >= 0.3 is 0 Å². The van der Waals surface area contributed by atoms with Crippen LogP contribution in [0.1, 0.15) is 29.8 Å². The summed E-state index contributed by atoms with van der Waals surface area (Å²) < 4.78 is 11.8. The maximum absolute atomic E-state index is 6.30. The number of halogens is 1. The van der Waals surface area contributed by atoms with Gasteiger partial charge in [-0.15, -0.1) is 11.3 Å². The molecule has 1 aromatic heterocycles. The van der Waals surface area contributed by atoms with E-state index < -0.39 is 0 Å². The molecule has 5 heteroatoms. The molecule has 0 radical (unpaired) electrons. The van der Waals surface area contributed by atoms with Crippen molar-refractivity contribution >= 4 is 27.3 Å². The second kappa shape index (κ2) is 7.11. The number of hydrogen-bond acceptors (Lipinski definition) is 4. The topological polar surface area (TPSA) is 44.5 Å². The zero-order valence-corrected chi connectivity index (χ0v) is 14.0. The minimum absolute atomic E-state index is 0.152. The van der Waals surface area contributed by atoms with Gasteiger partial charge in [-0.25, -0.2) is 0 Å². The van der Waals surface area contributed by atoms with Crippen molar-refractivity contribution in [2.45, 2.75) is 19.4 Å². The summed E-state index contributed by atoms with van der Waals surface area (Å²) in [7, 11) is 1.66. The van der Waals surface area contributed by atoms with Crippen LogP contribution >= 0.6 is 27.3 Å². The molecule has 2 rings (SSSR count). The quantitative estimate of drug-likeness (QED) is 0.837. The van der Waals surface area contributed by atoms with Gasteiger partial charge in [0.15, 0.2) is 0 Å². The van der Waals surface area contributed by atoms with Crippen molar-refractivity contribution < 1.29 is 9.47 Å². The highest BCUT2D eigenvalue weighted by Crippen LogP contribution is 2.33. The first-order chi connectivity index (χ1) is 9.65. The summed E-state index contributed by atoms with van der Waals surface area (Å²) in [4.78, 5) is 1.08. The first kappa shape index (κ1) is 15.4. The summed E-state index contributed by atoms with van der Waals surface area (Å²) >= 11 is 5.14. The van der Waals surface area contributed by atoms with Gasteiger partial charge in [0.05, 0.1) is 24.2 Å². The number of rotatable bonds is 6. The standard InChI is InChI=1S/C15H18BrNO2S/c1-3-6-19-13-5-4-10(7-12(13)16)15(17)14-8-11(18-2)9-20-14/h4-5,7-9,15H,3,6,17H2,1-2H3. The van der Waals surface area contributed by atoms with E-state index in [0.717, 1.165) is 32.8 Å². The number of methoxy groups -OCH3 is 1. The molecule has 0 saturated heterocycles. The smallest absolute Gasteiger partial charge is 0.133 e. The maximum Gasteiger partial charge on any atom is 0.133 e. The van der Waals surface area contributed by atoms with E-state index >= 15 is 0 Å². The summed E-state index contributed by atoms with van der Waals surface area (Å²) in [6.07, 6.45) is 0.989. The summed E-state index contributed by atoms with van der Waals surface area (Å²) in [5.41, 5.74) is 7.34. The molecule has 0 fully saturated rings. The van der Waals surface area contributed by atoms with E-state index in [4.69, 9.17) is 15.2 Å². The average Bonchev–Trinajstić information content (AvgIpc) is 2.94. The van der Waals surface area contributed by atoms with Crippen LogP contribution in [0.5, 0.6) is 11.5 Å². The van der Waals surface area contributed by atoms with E-state index in [9.17, 15) is 0 Å². The number of nitrogens with two attached hydrogens (primary N) is 1. The summed E-state index contributed by atoms with van der Waals surface area (Å²) in [6.45, 7) is 2.80. The van der Waals surface area contributed by atoms with Gasteiger partial charge in [0, 0.05) is 10.3 Å². The number of ether oxygens (including phenoxy) is 2. The molecule has 1 unspecified atom stereocenters. The first-order valence-corrected chi connectivity index (χ1v) is 8.13. The van der Waals surface area contributed by atoms with Gasteiger partial charge in [-0.2, -0.15) is 0 Å². The Labute approximate surface area is 131 Å². The molecular formula is C15H18BrNO2S. The summed E-state index contributed by atoms with van der Waals surface area (Å²) in [5.74, 6) is 1.70. The molecule has 1 heterocycles. The van der Waals surface area contributed by atoms with Gasteiger partial charge in [-0.3, -0.25) is 0 Å². The largest absolute Gasteiger partial charge is 0.496 e. The van der Waals surface area contributed by atoms with Crippen LogP contribution in [-0.4, -0.2) is 13.7 Å². The Bertz CT molecular complexity index is 571. The van der Waals surface area contributed by atoms with Crippen molar-refractivity contribution in [3.63, 3.8) is 0 Å². The molecule has 0 aliphatic rings. The van der Waals surface area contributed by atoms with Gasteiger partial charge in [0.1, 0.15) is 11.5 Å². The molecule has 0 amide bonds. The van der Waals surface area contributed by atoms with Gasteiger partial charge in [0.2, 0.25) is 0 Å². The lowest BCUT2D eigenvalue weighted by atomic mass is 10.1. The lowest BCUT2D eigenvalue weighted by Crippen LogP contribution is -2.10. The molecular weight excluding hydrogens is 338 g/mol. The molecule has 0 saturated carbocycles. The van der Waals surface area contributed by atoms with Crippen molar-refractivity contribution in [1.82, 2.24) is 0 Å². The average molecular weight is 356 g/mol. The molecule has 0 spiro atoms. The van der Waals surface area contributed by atoms with Crippen LogP contribution in [-0.2, 0) is 0 Å². The normalized spacial score (nSPS) is 12.2. The molecule has 0 bridgehead atoms. The van der Waals surface area contributed by atoms with Crippen LogP contribution in [0.4, 0.5) is 0 Å². The van der Waals surface area contributed by atoms with Crippen molar-refractivity contribution in [3.05, 3.63) is 44.6 Å². The fourth-order valence-electron chi connectivity index (χ4n) is 1.81. The molecule has 0 aliphatic carbocycles. The summed E-state index contributed by atoms with van der Waals surface area (Å²) in [5, 5.41) is 1.96. The van der Waals surface area contributed by atoms with E-state index in [-0.39, 0.29) is 6.04 Å². The van der Waals surface area contributed by atoms with Crippen LogP contribution < -0.4 is 15.2 Å². The van der Waals surface area contributed by atoms with Crippen LogP contribution in [0.25, 0.3) is 0 Å². The Morgan fingerprint density at radius 2 is 2.15 bits per heavy atom. The Balaban J connectivity index is 2.17. The molecule has 2 aromatic rings. The fraction of sp³-hybridized carbons (Fsp3) is 0.333. The fourth-order valence-corrected chi connectivity index (χ4v) is 3.20. The SMILES string of the molecule is CCCOc1ccc(C(N)c2cc(OC)cs2)cc1Br. The molecule has 1 atom stereocenters. The molecule has 0 aliphatic heterocycles. The van der Waals surface area contributed by atoms with Crippen molar-refractivity contribution in [2.24, 2.45) is 5.73 Å². The number of hydrogen-bond donors (Lipinski definition) is 1. The van der Waals surface area contributed by atoms with Crippen molar-refractivity contribution in [1.29, 1.82) is 0 Å². The van der Waals surface area contributed by atoms with Crippen molar-refractivity contribution in [2.75, 3.05) is 13.7 Å². The zero-order chi connectivity index (χ0) is 14.5. The summed E-state index contributed by atoms with van der Waals surface area (Å²) in [6, 6.07) is 7.80. The Hall–Kier alpha value is -1.04. The minimum atomic E-state index is -0.152. The van der Waals surface area contributed by atoms with Crippen LogP contribution in [0.3, 0.4) is 0 Å². The van der Waals surface area contributed by atoms with Crippen LogP contribution in [0.15, 0.2) is 34.1 Å². The molecule has 3 nitrogen and oxygen atoms in total. The van der Waals surface area contributed by atoms with Gasteiger partial charge in [-0.1, -0.05) is 13.0 Å². The predicted octanol–water partition coefficient (Wildman–Crippen LogP) is 4.36. The second-order valence-corrected chi connectivity index (χ2v) is 6.20. The van der Waals surface area contributed by atoms with Gasteiger partial charge in [0.25, 0.3) is 0 Å². The third-order valence-electron chi connectivity index (χ3n) is 2.91. The van der Waals surface area contributed by atoms with Crippen LogP contribution in [0, 0.1) is 0 Å².